The van der Waals surface area contributed by atoms with Gasteiger partial charge in [0.15, 0.2) is 5.82 Å². The van der Waals surface area contributed by atoms with Gasteiger partial charge in [0.05, 0.1) is 34.5 Å². The molecule has 8 heteroatoms. The number of aromatic amines is 1. The van der Waals surface area contributed by atoms with Gasteiger partial charge in [-0.25, -0.2) is 19.3 Å². The van der Waals surface area contributed by atoms with Crippen molar-refractivity contribution in [3.63, 3.8) is 0 Å². The Labute approximate surface area is 170 Å². The number of pyridine rings is 1. The highest BCUT2D eigenvalue weighted by Crippen LogP contribution is 2.24. The molecule has 0 radical (unpaired) electrons. The summed E-state index contributed by atoms with van der Waals surface area (Å²) in [5.74, 6) is 0.586. The van der Waals surface area contributed by atoms with Crippen LogP contribution in [0.4, 0.5) is 10.2 Å². The highest BCUT2D eigenvalue weighted by molar-refractivity contribution is 5.85. The molecule has 0 bridgehead atoms. The number of nitrogens with zero attached hydrogens (tertiary/aromatic N) is 4. The lowest BCUT2D eigenvalue weighted by Gasteiger charge is -2.20. The van der Waals surface area contributed by atoms with Crippen molar-refractivity contribution in [3.8, 4) is 5.69 Å². The zero-order valence-electron chi connectivity index (χ0n) is 16.0. The Bertz CT molecular complexity index is 1430. The van der Waals surface area contributed by atoms with E-state index in [0.717, 1.165) is 5.52 Å². The Kier molecular flexibility index (Phi) is 4.24. The minimum absolute atomic E-state index is 0.224. The van der Waals surface area contributed by atoms with Crippen LogP contribution in [0.2, 0.25) is 0 Å². The van der Waals surface area contributed by atoms with Gasteiger partial charge < -0.3 is 10.3 Å². The van der Waals surface area contributed by atoms with Crippen molar-refractivity contribution in [1.29, 1.82) is 0 Å². The number of fused-ring (bicyclic) bond motifs is 2. The summed E-state index contributed by atoms with van der Waals surface area (Å²) < 4.78 is 15.3. The molecule has 2 N–H and O–H groups in total. The number of halogens is 1. The van der Waals surface area contributed by atoms with Crippen molar-refractivity contribution in [3.05, 3.63) is 89.1 Å². The number of hydrogen-bond acceptors (Lipinski definition) is 5. The number of benzene rings is 2. The summed E-state index contributed by atoms with van der Waals surface area (Å²) >= 11 is 0. The molecule has 1 atom stereocenters. The highest BCUT2D eigenvalue weighted by Gasteiger charge is 2.19. The maximum Gasteiger partial charge on any atom is 0.266 e. The van der Waals surface area contributed by atoms with Crippen molar-refractivity contribution >= 4 is 27.8 Å². The smallest absolute Gasteiger partial charge is 0.266 e. The molecule has 5 rings (SSSR count). The number of nitrogens with one attached hydrogen (secondary N) is 2. The maximum atomic E-state index is 13.8. The van der Waals surface area contributed by atoms with Gasteiger partial charge in [0.1, 0.15) is 17.2 Å². The second-order valence-corrected chi connectivity index (χ2v) is 6.93. The van der Waals surface area contributed by atoms with Crippen LogP contribution in [-0.2, 0) is 0 Å². The number of hydrogen-bond donors (Lipinski definition) is 2. The molecule has 2 aromatic carbocycles. The zero-order chi connectivity index (χ0) is 20.7. The SMILES string of the molecule is C[C@H](Nc1nccc2[nH]cnc12)c1nc2ccc(F)cc2c(=O)n1-c1ccccc1. The molecule has 30 heavy (non-hydrogen) atoms. The van der Waals surface area contributed by atoms with Crippen LogP contribution in [0.15, 0.2) is 71.9 Å². The molecule has 3 heterocycles. The van der Waals surface area contributed by atoms with E-state index < -0.39 is 5.82 Å². The second kappa shape index (κ2) is 7.07. The Balaban J connectivity index is 1.70. The van der Waals surface area contributed by atoms with Crippen LogP contribution in [-0.4, -0.2) is 24.5 Å². The monoisotopic (exact) mass is 400 g/mol. The Morgan fingerprint density at radius 1 is 1.10 bits per heavy atom. The van der Waals surface area contributed by atoms with Gasteiger partial charge in [0, 0.05) is 6.20 Å². The summed E-state index contributed by atoms with van der Waals surface area (Å²) in [5.41, 5.74) is 2.29. The molecule has 0 amide bonds. The topological polar surface area (TPSA) is 88.5 Å². The first-order valence-electron chi connectivity index (χ1n) is 9.44. The molecule has 0 spiro atoms. The summed E-state index contributed by atoms with van der Waals surface area (Å²) in [4.78, 5) is 29.8. The van der Waals surface area contributed by atoms with Gasteiger partial charge in [0.25, 0.3) is 5.56 Å². The van der Waals surface area contributed by atoms with Gasteiger partial charge >= 0.3 is 0 Å². The fraction of sp³-hybridized carbons (Fsp3) is 0.0909. The van der Waals surface area contributed by atoms with Gasteiger partial charge in [0.2, 0.25) is 0 Å². The van der Waals surface area contributed by atoms with Gasteiger partial charge in [-0.2, -0.15) is 0 Å². The fourth-order valence-corrected chi connectivity index (χ4v) is 3.53. The van der Waals surface area contributed by atoms with E-state index in [-0.39, 0.29) is 17.0 Å². The third-order valence-corrected chi connectivity index (χ3v) is 4.95. The summed E-state index contributed by atoms with van der Waals surface area (Å²) in [5, 5.41) is 3.54. The molecule has 0 aliphatic carbocycles. The van der Waals surface area contributed by atoms with E-state index in [1.54, 1.807) is 12.5 Å². The maximum absolute atomic E-state index is 13.8. The number of imidazole rings is 1. The molecule has 0 saturated heterocycles. The van der Waals surface area contributed by atoms with Crippen LogP contribution < -0.4 is 10.9 Å². The van der Waals surface area contributed by atoms with E-state index in [1.165, 1.54) is 22.8 Å². The molecule has 148 valence electrons. The normalized spacial score (nSPS) is 12.3. The number of para-hydroxylation sites is 1. The summed E-state index contributed by atoms with van der Waals surface area (Å²) in [6.07, 6.45) is 3.28. The van der Waals surface area contributed by atoms with Gasteiger partial charge in [-0.15, -0.1) is 0 Å². The van der Waals surface area contributed by atoms with Crippen molar-refractivity contribution in [2.45, 2.75) is 13.0 Å². The minimum Gasteiger partial charge on any atom is -0.359 e. The summed E-state index contributed by atoms with van der Waals surface area (Å²) in [7, 11) is 0. The van der Waals surface area contributed by atoms with Crippen LogP contribution in [0.5, 0.6) is 0 Å². The van der Waals surface area contributed by atoms with E-state index in [9.17, 15) is 9.18 Å². The van der Waals surface area contributed by atoms with E-state index >= 15 is 0 Å². The second-order valence-electron chi connectivity index (χ2n) is 6.93. The van der Waals surface area contributed by atoms with E-state index in [4.69, 9.17) is 4.98 Å². The first-order chi connectivity index (χ1) is 14.6. The Morgan fingerprint density at radius 3 is 2.77 bits per heavy atom. The number of anilines is 1. The summed E-state index contributed by atoms with van der Waals surface area (Å²) in [6, 6.07) is 14.7. The van der Waals surface area contributed by atoms with Crippen LogP contribution >= 0.6 is 0 Å². The predicted molar refractivity (Wildman–Crippen MR) is 113 cm³/mol. The lowest BCUT2D eigenvalue weighted by molar-refractivity contribution is 0.629. The number of aromatic nitrogens is 5. The molecule has 5 aromatic rings. The number of H-pyrrole nitrogens is 1. The highest BCUT2D eigenvalue weighted by atomic mass is 19.1. The standard InChI is InChI=1S/C22H17FN6O/c1-13(27-20-19-18(9-10-24-20)25-12-26-19)21-28-17-8-7-14(23)11-16(17)22(30)29(21)15-5-3-2-4-6-15/h2-13H,1H3,(H,24,27)(H,25,26)/t13-/m0/s1. The van der Waals surface area contributed by atoms with Crippen LogP contribution in [0.3, 0.4) is 0 Å². The molecule has 0 saturated carbocycles. The van der Waals surface area contributed by atoms with Gasteiger partial charge in [-0.05, 0) is 43.3 Å². The third-order valence-electron chi connectivity index (χ3n) is 4.95. The van der Waals surface area contributed by atoms with E-state index in [0.29, 0.717) is 28.4 Å². The van der Waals surface area contributed by atoms with Crippen molar-refractivity contribution in [2.75, 3.05) is 5.32 Å². The lowest BCUT2D eigenvalue weighted by atomic mass is 10.2. The summed E-state index contributed by atoms with van der Waals surface area (Å²) in [6.45, 7) is 1.89. The van der Waals surface area contributed by atoms with Crippen molar-refractivity contribution < 1.29 is 4.39 Å². The average Bonchev–Trinajstić information content (AvgIpc) is 3.24. The molecule has 0 unspecified atom stereocenters. The molecular formula is C22H17FN6O. The first kappa shape index (κ1) is 18.0. The van der Waals surface area contributed by atoms with Gasteiger partial charge in [-0.1, -0.05) is 18.2 Å². The Morgan fingerprint density at radius 2 is 1.93 bits per heavy atom. The molecule has 0 fully saturated rings. The fourth-order valence-electron chi connectivity index (χ4n) is 3.53. The van der Waals surface area contributed by atoms with Crippen LogP contribution in [0.1, 0.15) is 18.8 Å². The molecule has 0 aliphatic heterocycles. The van der Waals surface area contributed by atoms with Gasteiger partial charge in [-0.3, -0.25) is 9.36 Å². The largest absolute Gasteiger partial charge is 0.359 e. The first-order valence-corrected chi connectivity index (χ1v) is 9.44. The molecule has 7 nitrogen and oxygen atoms in total. The lowest BCUT2D eigenvalue weighted by Crippen LogP contribution is -2.27. The predicted octanol–water partition coefficient (Wildman–Crippen LogP) is 3.97. The van der Waals surface area contributed by atoms with E-state index in [2.05, 4.69) is 20.3 Å². The van der Waals surface area contributed by atoms with Crippen molar-refractivity contribution in [1.82, 2.24) is 24.5 Å². The van der Waals surface area contributed by atoms with E-state index in [1.807, 2.05) is 43.3 Å². The molecular weight excluding hydrogens is 383 g/mol. The van der Waals surface area contributed by atoms with Crippen LogP contribution in [0, 0.1) is 5.82 Å². The zero-order valence-corrected chi connectivity index (χ0v) is 16.0. The number of rotatable bonds is 4. The third kappa shape index (κ3) is 2.98. The quantitative estimate of drug-likeness (QED) is 0.477. The minimum atomic E-state index is -0.477. The average molecular weight is 400 g/mol. The Hall–Kier alpha value is -4.07. The van der Waals surface area contributed by atoms with Crippen molar-refractivity contribution in [2.24, 2.45) is 0 Å². The molecule has 0 aliphatic rings. The molecule has 3 aromatic heterocycles. The van der Waals surface area contributed by atoms with Crippen LogP contribution in [0.25, 0.3) is 27.6 Å².